The lowest BCUT2D eigenvalue weighted by atomic mass is 9.78. The summed E-state index contributed by atoms with van der Waals surface area (Å²) < 4.78 is 4.81. The number of hydrogen-bond acceptors (Lipinski definition) is 6. The SMILES string of the molecule is CCCC(C)N1CC=C[C@]23S[C@@H]4C=CCN(c5ccc(OCC)cc5)C(=O)[C@@H]4[C@H]2C(=O)N(CCCCCCO)C3C1=O. The predicted molar refractivity (Wildman–Crippen MR) is 166 cm³/mol. The van der Waals surface area contributed by atoms with Crippen molar-refractivity contribution in [1.29, 1.82) is 0 Å². The van der Waals surface area contributed by atoms with E-state index in [1.54, 1.807) is 21.6 Å². The molecule has 9 heteroatoms. The van der Waals surface area contributed by atoms with Crippen LogP contribution in [-0.2, 0) is 14.4 Å². The fourth-order valence-corrected chi connectivity index (χ4v) is 9.24. The number of amides is 3. The van der Waals surface area contributed by atoms with Gasteiger partial charge in [0, 0.05) is 43.2 Å². The first-order valence-corrected chi connectivity index (χ1v) is 16.5. The molecule has 3 amide bonds. The standard InChI is InChI=1S/C33H45N3O5S/c1-4-12-23(3)34-21-11-18-33-28(31(39)36(29(33)32(34)40)19-8-6-7-9-22-37)27-26(42-33)13-10-20-35(30(27)38)24-14-16-25(17-15-24)41-5-2/h10-11,13-18,23,26-29,37H,4-9,12,19-22H2,1-3H3/t23?,26-,27+,28+,29?,33+/m1/s1. The number of nitrogens with zero attached hydrogens (tertiary/aromatic N) is 3. The second-order valence-electron chi connectivity index (χ2n) is 11.8. The van der Waals surface area contributed by atoms with Gasteiger partial charge >= 0.3 is 0 Å². The number of rotatable bonds is 12. The van der Waals surface area contributed by atoms with E-state index in [-0.39, 0.29) is 35.6 Å². The molecule has 8 nitrogen and oxygen atoms in total. The van der Waals surface area contributed by atoms with Crippen molar-refractivity contribution in [1.82, 2.24) is 9.80 Å². The first-order chi connectivity index (χ1) is 20.4. The number of carbonyl (C=O) groups is 3. The molecule has 1 aromatic carbocycles. The second kappa shape index (κ2) is 13.2. The highest BCUT2D eigenvalue weighted by Crippen LogP contribution is 2.61. The van der Waals surface area contributed by atoms with E-state index in [0.29, 0.717) is 26.2 Å². The Hall–Kier alpha value is -2.78. The molecule has 6 atom stereocenters. The van der Waals surface area contributed by atoms with Gasteiger partial charge in [-0.25, -0.2) is 0 Å². The van der Waals surface area contributed by atoms with Crippen molar-refractivity contribution in [3.8, 4) is 5.75 Å². The summed E-state index contributed by atoms with van der Waals surface area (Å²) in [7, 11) is 0. The normalized spacial score (nSPS) is 29.3. The summed E-state index contributed by atoms with van der Waals surface area (Å²) in [4.78, 5) is 48.8. The zero-order chi connectivity index (χ0) is 29.9. The number of unbranched alkanes of at least 4 members (excludes halogenated alkanes) is 3. The smallest absolute Gasteiger partial charge is 0.247 e. The Kier molecular flexibility index (Phi) is 9.67. The van der Waals surface area contributed by atoms with Crippen LogP contribution >= 0.6 is 11.8 Å². The summed E-state index contributed by atoms with van der Waals surface area (Å²) in [6.07, 6.45) is 13.4. The van der Waals surface area contributed by atoms with Gasteiger partial charge in [-0.2, -0.15) is 0 Å². The van der Waals surface area contributed by atoms with Crippen molar-refractivity contribution in [3.63, 3.8) is 0 Å². The highest BCUT2D eigenvalue weighted by molar-refractivity contribution is 8.02. The van der Waals surface area contributed by atoms with Gasteiger partial charge < -0.3 is 24.5 Å². The highest BCUT2D eigenvalue weighted by Gasteiger charge is 2.71. The fourth-order valence-electron chi connectivity index (χ4n) is 7.23. The minimum Gasteiger partial charge on any atom is -0.494 e. The highest BCUT2D eigenvalue weighted by atomic mass is 32.2. The Balaban J connectivity index is 1.49. The molecule has 0 aliphatic carbocycles. The zero-order valence-corrected chi connectivity index (χ0v) is 25.9. The molecule has 5 rings (SSSR count). The summed E-state index contributed by atoms with van der Waals surface area (Å²) in [5.74, 6) is -0.582. The third-order valence-electron chi connectivity index (χ3n) is 9.19. The maximum atomic E-state index is 14.5. The van der Waals surface area contributed by atoms with Crippen LogP contribution in [0.4, 0.5) is 5.69 Å². The Morgan fingerprint density at radius 1 is 1.00 bits per heavy atom. The van der Waals surface area contributed by atoms with Crippen LogP contribution in [0.3, 0.4) is 0 Å². The minimum atomic E-state index is -0.795. The maximum Gasteiger partial charge on any atom is 0.247 e. The lowest BCUT2D eigenvalue weighted by Gasteiger charge is -2.37. The van der Waals surface area contributed by atoms with Crippen LogP contribution < -0.4 is 9.64 Å². The van der Waals surface area contributed by atoms with E-state index in [0.717, 1.165) is 50.0 Å². The Bertz CT molecular complexity index is 1200. The second-order valence-corrected chi connectivity index (χ2v) is 13.3. The van der Waals surface area contributed by atoms with E-state index in [1.165, 1.54) is 0 Å². The third-order valence-corrected chi connectivity index (χ3v) is 10.9. The van der Waals surface area contributed by atoms with E-state index in [2.05, 4.69) is 32.1 Å². The van der Waals surface area contributed by atoms with Gasteiger partial charge in [-0.3, -0.25) is 14.4 Å². The molecule has 2 fully saturated rings. The molecule has 4 heterocycles. The van der Waals surface area contributed by atoms with Crippen LogP contribution in [0.5, 0.6) is 5.75 Å². The summed E-state index contributed by atoms with van der Waals surface area (Å²) in [6, 6.07) is 6.97. The summed E-state index contributed by atoms with van der Waals surface area (Å²) >= 11 is 1.63. The van der Waals surface area contributed by atoms with Crippen molar-refractivity contribution in [3.05, 3.63) is 48.6 Å². The largest absolute Gasteiger partial charge is 0.494 e. The number of aliphatic hydroxyl groups excluding tert-OH is 1. The molecule has 2 unspecified atom stereocenters. The van der Waals surface area contributed by atoms with Crippen LogP contribution in [0, 0.1) is 11.8 Å². The van der Waals surface area contributed by atoms with Gasteiger partial charge in [0.15, 0.2) is 0 Å². The van der Waals surface area contributed by atoms with Gasteiger partial charge in [0.2, 0.25) is 17.7 Å². The molecule has 2 saturated heterocycles. The number of likely N-dealkylation sites (tertiary alicyclic amines) is 1. The molecule has 0 radical (unpaired) electrons. The molecule has 42 heavy (non-hydrogen) atoms. The molecular weight excluding hydrogens is 550 g/mol. The van der Waals surface area contributed by atoms with Crippen molar-refractivity contribution in [2.75, 3.05) is 37.7 Å². The van der Waals surface area contributed by atoms with Gasteiger partial charge in [-0.15, -0.1) is 11.8 Å². The van der Waals surface area contributed by atoms with Crippen LogP contribution in [0.25, 0.3) is 0 Å². The van der Waals surface area contributed by atoms with Crippen LogP contribution in [0.1, 0.15) is 59.3 Å². The van der Waals surface area contributed by atoms with Crippen LogP contribution in [0.2, 0.25) is 0 Å². The number of aliphatic hydroxyl groups is 1. The van der Waals surface area contributed by atoms with E-state index in [9.17, 15) is 19.5 Å². The molecular formula is C33H45N3O5S. The van der Waals surface area contributed by atoms with Gasteiger partial charge in [0.25, 0.3) is 0 Å². The zero-order valence-electron chi connectivity index (χ0n) is 25.1. The molecule has 4 aliphatic rings. The van der Waals surface area contributed by atoms with Gasteiger partial charge in [0.05, 0.1) is 23.2 Å². The topological polar surface area (TPSA) is 90.4 Å². The van der Waals surface area contributed by atoms with E-state index in [4.69, 9.17) is 4.74 Å². The number of benzene rings is 1. The average molecular weight is 596 g/mol. The first-order valence-electron chi connectivity index (χ1n) is 15.7. The number of thioether (sulfide) groups is 1. The van der Waals surface area contributed by atoms with Gasteiger partial charge in [-0.1, -0.05) is 50.5 Å². The van der Waals surface area contributed by atoms with Crippen LogP contribution in [-0.4, -0.2) is 87.6 Å². The molecule has 1 spiro atoms. The quantitative estimate of drug-likeness (QED) is 0.284. The molecule has 0 bridgehead atoms. The van der Waals surface area contributed by atoms with Crippen molar-refractivity contribution in [2.24, 2.45) is 11.8 Å². The van der Waals surface area contributed by atoms with Gasteiger partial charge in [-0.05, 0) is 57.4 Å². The lowest BCUT2D eigenvalue weighted by Crippen LogP contribution is -2.55. The minimum absolute atomic E-state index is 0.00378. The third kappa shape index (κ3) is 5.50. The summed E-state index contributed by atoms with van der Waals surface area (Å²) in [5.41, 5.74) is 0.773. The molecule has 228 valence electrons. The van der Waals surface area contributed by atoms with Crippen LogP contribution in [0.15, 0.2) is 48.6 Å². The molecule has 0 saturated carbocycles. The van der Waals surface area contributed by atoms with E-state index in [1.807, 2.05) is 42.2 Å². The molecule has 0 aromatic heterocycles. The monoisotopic (exact) mass is 595 g/mol. The van der Waals surface area contributed by atoms with E-state index < -0.39 is 22.6 Å². The lowest BCUT2D eigenvalue weighted by molar-refractivity contribution is -0.143. The van der Waals surface area contributed by atoms with Crippen molar-refractivity contribution in [2.45, 2.75) is 81.4 Å². The Morgan fingerprint density at radius 3 is 2.48 bits per heavy atom. The molecule has 1 aromatic rings. The number of carbonyl (C=O) groups excluding carboxylic acids is 3. The molecule has 1 N–H and O–H groups in total. The average Bonchev–Trinajstić information content (AvgIpc) is 3.28. The number of fused-ring (bicyclic) bond motifs is 2. The van der Waals surface area contributed by atoms with Gasteiger partial charge in [0.1, 0.15) is 11.8 Å². The number of anilines is 1. The summed E-state index contributed by atoms with van der Waals surface area (Å²) in [5, 5.41) is 9.01. The maximum absolute atomic E-state index is 14.5. The van der Waals surface area contributed by atoms with Crippen molar-refractivity contribution >= 4 is 35.2 Å². The molecule has 4 aliphatic heterocycles. The number of hydrogen-bond donors (Lipinski definition) is 1. The Morgan fingerprint density at radius 2 is 1.76 bits per heavy atom. The van der Waals surface area contributed by atoms with Crippen molar-refractivity contribution < 1.29 is 24.2 Å². The Labute approximate surface area is 254 Å². The fraction of sp³-hybridized carbons (Fsp3) is 0.606. The summed E-state index contributed by atoms with van der Waals surface area (Å²) in [6.45, 7) is 8.30. The van der Waals surface area contributed by atoms with E-state index >= 15 is 0 Å². The first kappa shape index (κ1) is 30.7. The number of ether oxygens (including phenoxy) is 1. The predicted octanol–water partition coefficient (Wildman–Crippen LogP) is 4.43.